The lowest BCUT2D eigenvalue weighted by Crippen LogP contribution is -2.44. The van der Waals surface area contributed by atoms with E-state index in [1.807, 2.05) is 91.0 Å². The zero-order chi connectivity index (χ0) is 26.7. The van der Waals surface area contributed by atoms with E-state index in [0.29, 0.717) is 30.1 Å². The third-order valence-corrected chi connectivity index (χ3v) is 6.33. The predicted molar refractivity (Wildman–Crippen MR) is 147 cm³/mol. The first kappa shape index (κ1) is 26.5. The summed E-state index contributed by atoms with van der Waals surface area (Å²) in [6.45, 7) is 0.394. The number of amides is 1. The first-order chi connectivity index (χ1) is 18.6. The topological polar surface area (TPSA) is 84.9 Å². The van der Waals surface area contributed by atoms with Gasteiger partial charge < -0.3 is 19.9 Å². The summed E-state index contributed by atoms with van der Waals surface area (Å²) in [6, 6.07) is 32.8. The van der Waals surface area contributed by atoms with Crippen molar-refractivity contribution in [2.75, 3.05) is 13.7 Å². The van der Waals surface area contributed by atoms with Gasteiger partial charge in [0.15, 0.2) is 11.5 Å². The van der Waals surface area contributed by atoms with Crippen LogP contribution in [0.3, 0.4) is 0 Å². The molecule has 0 bridgehead atoms. The van der Waals surface area contributed by atoms with E-state index in [1.165, 1.54) is 0 Å². The number of hydrogen-bond acceptors (Lipinski definition) is 4. The lowest BCUT2D eigenvalue weighted by Gasteiger charge is -2.22. The summed E-state index contributed by atoms with van der Waals surface area (Å²) in [5, 5.41) is 12.8. The van der Waals surface area contributed by atoms with Crippen molar-refractivity contribution in [1.29, 1.82) is 0 Å². The molecule has 0 unspecified atom stereocenters. The van der Waals surface area contributed by atoms with E-state index in [4.69, 9.17) is 9.47 Å². The van der Waals surface area contributed by atoms with Crippen LogP contribution in [-0.4, -0.2) is 36.7 Å². The first-order valence-corrected chi connectivity index (χ1v) is 12.5. The van der Waals surface area contributed by atoms with Crippen LogP contribution in [0.2, 0.25) is 0 Å². The number of carboxylic acids is 1. The summed E-state index contributed by atoms with van der Waals surface area (Å²) in [6.07, 6.45) is 0.725. The molecule has 4 rings (SSSR count). The smallest absolute Gasteiger partial charge is 0.326 e. The van der Waals surface area contributed by atoms with E-state index >= 15 is 0 Å². The fourth-order valence-corrected chi connectivity index (χ4v) is 4.42. The third-order valence-electron chi connectivity index (χ3n) is 6.33. The Labute approximate surface area is 222 Å². The summed E-state index contributed by atoms with van der Waals surface area (Å²) in [5.74, 6) is -1.17. The molecule has 38 heavy (non-hydrogen) atoms. The molecule has 0 heterocycles. The molecule has 6 heteroatoms. The molecule has 194 valence electrons. The normalized spacial score (nSPS) is 11.5. The van der Waals surface area contributed by atoms with Gasteiger partial charge in [-0.2, -0.15) is 0 Å². The van der Waals surface area contributed by atoms with Gasteiger partial charge in [-0.3, -0.25) is 4.79 Å². The second-order valence-corrected chi connectivity index (χ2v) is 8.89. The molecule has 0 saturated carbocycles. The van der Waals surface area contributed by atoms with Crippen molar-refractivity contribution in [2.45, 2.75) is 24.8 Å². The molecule has 0 aliphatic carbocycles. The Kier molecular flexibility index (Phi) is 9.13. The van der Waals surface area contributed by atoms with Crippen LogP contribution in [0, 0.1) is 0 Å². The van der Waals surface area contributed by atoms with E-state index in [0.717, 1.165) is 16.7 Å². The van der Waals surface area contributed by atoms with Crippen LogP contribution in [0.5, 0.6) is 11.5 Å². The van der Waals surface area contributed by atoms with Crippen molar-refractivity contribution in [3.8, 4) is 11.5 Å². The minimum atomic E-state index is -1.17. The highest BCUT2D eigenvalue weighted by Gasteiger charge is 2.29. The van der Waals surface area contributed by atoms with Gasteiger partial charge in [0.25, 0.3) is 0 Å². The highest BCUT2D eigenvalue weighted by atomic mass is 16.5. The lowest BCUT2D eigenvalue weighted by molar-refractivity contribution is -0.141. The van der Waals surface area contributed by atoms with E-state index in [2.05, 4.69) is 5.32 Å². The lowest BCUT2D eigenvalue weighted by atomic mass is 9.90. The molecule has 0 radical (unpaired) electrons. The number of ether oxygens (including phenoxy) is 2. The number of aliphatic carboxylic acids is 1. The molecule has 0 saturated heterocycles. The molecule has 0 aliphatic rings. The number of carbonyl (C=O) groups is 2. The number of carbonyl (C=O) groups excluding carboxylic acids is 1. The van der Waals surface area contributed by atoms with E-state index in [-0.39, 0.29) is 12.3 Å². The van der Waals surface area contributed by atoms with Gasteiger partial charge in [-0.15, -0.1) is 0 Å². The standard InChI is InChI=1S/C32H31NO5/c1-37-28-19-11-18-26(30(28)38-21-20-23-12-5-2-6-13-23)22-27(32(35)36)33-31(34)29(24-14-7-3-8-15-24)25-16-9-4-10-17-25/h2-19,27,29H,20-22H2,1H3,(H,33,34)(H,35,36)/t27-/m0/s1. The molecular weight excluding hydrogens is 478 g/mol. The predicted octanol–water partition coefficient (Wildman–Crippen LogP) is 5.26. The zero-order valence-corrected chi connectivity index (χ0v) is 21.2. The Hall–Kier alpha value is -4.58. The van der Waals surface area contributed by atoms with Gasteiger partial charge in [-0.25, -0.2) is 4.79 Å². The highest BCUT2D eigenvalue weighted by Crippen LogP contribution is 2.32. The summed E-state index contributed by atoms with van der Waals surface area (Å²) in [4.78, 5) is 25.9. The van der Waals surface area contributed by atoms with Crippen LogP contribution >= 0.6 is 0 Å². The molecule has 0 spiro atoms. The van der Waals surface area contributed by atoms with Crippen LogP contribution in [0.15, 0.2) is 109 Å². The first-order valence-electron chi connectivity index (χ1n) is 12.5. The minimum Gasteiger partial charge on any atom is -0.493 e. The van der Waals surface area contributed by atoms with Crippen molar-refractivity contribution < 1.29 is 24.2 Å². The zero-order valence-electron chi connectivity index (χ0n) is 21.2. The van der Waals surface area contributed by atoms with Crippen molar-refractivity contribution in [3.05, 3.63) is 131 Å². The maximum absolute atomic E-state index is 13.6. The Morgan fingerprint density at radius 2 is 1.37 bits per heavy atom. The molecule has 0 aromatic heterocycles. The average molecular weight is 510 g/mol. The quantitative estimate of drug-likeness (QED) is 0.272. The van der Waals surface area contributed by atoms with Crippen LogP contribution in [0.1, 0.15) is 28.2 Å². The monoisotopic (exact) mass is 509 g/mol. The number of carboxylic acid groups (broad SMARTS) is 1. The molecule has 0 fully saturated rings. The van der Waals surface area contributed by atoms with Gasteiger partial charge in [-0.1, -0.05) is 103 Å². The van der Waals surface area contributed by atoms with Gasteiger partial charge in [-0.05, 0) is 22.8 Å². The molecule has 0 aliphatic heterocycles. The van der Waals surface area contributed by atoms with Crippen LogP contribution in [0.25, 0.3) is 0 Å². The van der Waals surface area contributed by atoms with Gasteiger partial charge in [0.1, 0.15) is 6.04 Å². The van der Waals surface area contributed by atoms with E-state index < -0.39 is 17.9 Å². The Morgan fingerprint density at radius 1 is 0.789 bits per heavy atom. The summed E-state index contributed by atoms with van der Waals surface area (Å²) >= 11 is 0. The molecule has 2 N–H and O–H groups in total. The Morgan fingerprint density at radius 3 is 1.92 bits per heavy atom. The fourth-order valence-electron chi connectivity index (χ4n) is 4.42. The van der Waals surface area contributed by atoms with Crippen LogP contribution < -0.4 is 14.8 Å². The van der Waals surface area contributed by atoms with Crippen LogP contribution in [-0.2, 0) is 22.4 Å². The second kappa shape index (κ2) is 13.1. The van der Waals surface area contributed by atoms with Gasteiger partial charge in [0, 0.05) is 18.4 Å². The molecule has 6 nitrogen and oxygen atoms in total. The van der Waals surface area contributed by atoms with E-state index in [1.54, 1.807) is 25.3 Å². The number of methoxy groups -OCH3 is 1. The maximum Gasteiger partial charge on any atom is 0.326 e. The number of hydrogen-bond donors (Lipinski definition) is 2. The number of para-hydroxylation sites is 1. The van der Waals surface area contributed by atoms with Gasteiger partial charge in [0.2, 0.25) is 5.91 Å². The van der Waals surface area contributed by atoms with Gasteiger partial charge >= 0.3 is 5.97 Å². The van der Waals surface area contributed by atoms with Crippen molar-refractivity contribution in [3.63, 3.8) is 0 Å². The van der Waals surface area contributed by atoms with Crippen molar-refractivity contribution in [1.82, 2.24) is 5.32 Å². The number of benzene rings is 4. The van der Waals surface area contributed by atoms with Crippen LogP contribution in [0.4, 0.5) is 0 Å². The summed E-state index contributed by atoms with van der Waals surface area (Å²) < 4.78 is 11.6. The highest BCUT2D eigenvalue weighted by molar-refractivity contribution is 5.90. The molecule has 1 amide bonds. The molecular formula is C32H31NO5. The van der Waals surface area contributed by atoms with Crippen molar-refractivity contribution >= 4 is 11.9 Å². The minimum absolute atomic E-state index is 0.0369. The number of nitrogens with one attached hydrogen (secondary N) is 1. The maximum atomic E-state index is 13.6. The van der Waals surface area contributed by atoms with Gasteiger partial charge in [0.05, 0.1) is 19.6 Å². The second-order valence-electron chi connectivity index (χ2n) is 8.89. The fraction of sp³-hybridized carbons (Fsp3) is 0.188. The summed E-state index contributed by atoms with van der Waals surface area (Å²) in [5.41, 5.74) is 3.34. The number of rotatable bonds is 12. The van der Waals surface area contributed by atoms with E-state index in [9.17, 15) is 14.7 Å². The largest absolute Gasteiger partial charge is 0.493 e. The Balaban J connectivity index is 1.55. The van der Waals surface area contributed by atoms with Crippen molar-refractivity contribution in [2.24, 2.45) is 0 Å². The molecule has 4 aromatic rings. The summed E-state index contributed by atoms with van der Waals surface area (Å²) in [7, 11) is 1.55. The molecule has 4 aromatic carbocycles. The third kappa shape index (κ3) is 6.79. The Bertz CT molecular complexity index is 1290. The average Bonchev–Trinajstić information content (AvgIpc) is 2.95. The molecule has 1 atom stereocenters. The SMILES string of the molecule is COc1cccc(C[C@H](NC(=O)C(c2ccccc2)c2ccccc2)C(=O)O)c1OCCc1ccccc1.